The van der Waals surface area contributed by atoms with Crippen LogP contribution in [0.3, 0.4) is 0 Å². The highest BCUT2D eigenvalue weighted by molar-refractivity contribution is 5.93. The number of nitrogens with zero attached hydrogens (tertiary/aromatic N) is 2. The van der Waals surface area contributed by atoms with E-state index in [-0.39, 0.29) is 0 Å². The number of likely N-dealkylation sites (tertiary alicyclic amines) is 1. The number of aliphatic imine (C=N–C) groups is 1. The molecule has 3 fully saturated rings. The number of allylic oxidation sites excluding steroid dienone is 1. The predicted molar refractivity (Wildman–Crippen MR) is 80.7 cm³/mol. The Morgan fingerprint density at radius 1 is 1.35 bits per heavy atom. The largest absolute Gasteiger partial charge is 0.402 e. The van der Waals surface area contributed by atoms with Crippen molar-refractivity contribution in [2.75, 3.05) is 33.3 Å². The Labute approximate surface area is 121 Å². The first-order valence-corrected chi connectivity index (χ1v) is 7.81. The molecule has 0 aromatic heterocycles. The molecule has 1 aliphatic carbocycles. The summed E-state index contributed by atoms with van der Waals surface area (Å²) < 4.78 is 5.82. The molecule has 5 nitrogen and oxygen atoms in total. The van der Waals surface area contributed by atoms with Crippen LogP contribution in [0.5, 0.6) is 0 Å². The van der Waals surface area contributed by atoms with Gasteiger partial charge in [0.15, 0.2) is 0 Å². The first-order valence-electron chi connectivity index (χ1n) is 7.81. The topological polar surface area (TPSA) is 62.9 Å². The van der Waals surface area contributed by atoms with Crippen molar-refractivity contribution in [1.29, 1.82) is 0 Å². The van der Waals surface area contributed by atoms with Gasteiger partial charge in [-0.15, -0.1) is 0 Å². The SMILES string of the molecule is CN=C(C=C(N)C1CCCC1)N1CC2NCCOC2C1. The van der Waals surface area contributed by atoms with Gasteiger partial charge in [0.2, 0.25) is 0 Å². The summed E-state index contributed by atoms with van der Waals surface area (Å²) in [5.41, 5.74) is 7.28. The predicted octanol–water partition coefficient (Wildman–Crippen LogP) is 0.720. The number of rotatable bonds is 2. The number of nitrogens with two attached hydrogens (primary N) is 1. The van der Waals surface area contributed by atoms with Crippen LogP contribution in [0.15, 0.2) is 16.8 Å². The molecular formula is C15H26N4O. The maximum atomic E-state index is 6.28. The Kier molecular flexibility index (Phi) is 4.27. The zero-order valence-corrected chi connectivity index (χ0v) is 12.3. The van der Waals surface area contributed by atoms with E-state index in [1.807, 2.05) is 7.05 Å². The van der Waals surface area contributed by atoms with Crippen LogP contribution < -0.4 is 11.1 Å². The molecule has 1 saturated carbocycles. The summed E-state index contributed by atoms with van der Waals surface area (Å²) in [5.74, 6) is 1.57. The number of fused-ring (bicyclic) bond motifs is 1. The van der Waals surface area contributed by atoms with E-state index in [1.54, 1.807) is 0 Å². The minimum absolute atomic E-state index is 0.293. The van der Waals surface area contributed by atoms with Crippen molar-refractivity contribution in [1.82, 2.24) is 10.2 Å². The lowest BCUT2D eigenvalue weighted by Gasteiger charge is -2.25. The van der Waals surface area contributed by atoms with Crippen molar-refractivity contribution in [3.05, 3.63) is 11.8 Å². The van der Waals surface area contributed by atoms with Gasteiger partial charge in [0.05, 0.1) is 18.8 Å². The van der Waals surface area contributed by atoms with E-state index in [1.165, 1.54) is 25.7 Å². The standard InChI is InChI=1S/C15H26N4O/c1-17-15(8-12(16)11-4-2-3-5-11)19-9-13-14(10-19)20-7-6-18-13/h8,11,13-14,18H,2-7,9-10,16H2,1H3. The van der Waals surface area contributed by atoms with E-state index in [4.69, 9.17) is 10.5 Å². The van der Waals surface area contributed by atoms with Crippen molar-refractivity contribution >= 4 is 5.84 Å². The molecular weight excluding hydrogens is 252 g/mol. The van der Waals surface area contributed by atoms with Gasteiger partial charge in [-0.2, -0.15) is 0 Å². The van der Waals surface area contributed by atoms with Crippen LogP contribution in [0.25, 0.3) is 0 Å². The van der Waals surface area contributed by atoms with Gasteiger partial charge in [-0.1, -0.05) is 12.8 Å². The van der Waals surface area contributed by atoms with Crippen LogP contribution in [-0.2, 0) is 4.74 Å². The summed E-state index contributed by atoms with van der Waals surface area (Å²) in [4.78, 5) is 6.74. The van der Waals surface area contributed by atoms with E-state index in [2.05, 4.69) is 21.3 Å². The Hall–Kier alpha value is -1.07. The first kappa shape index (κ1) is 13.9. The Morgan fingerprint density at radius 3 is 2.85 bits per heavy atom. The third kappa shape index (κ3) is 2.83. The van der Waals surface area contributed by atoms with Crippen molar-refractivity contribution < 1.29 is 4.74 Å². The molecule has 0 aromatic rings. The molecule has 2 aliphatic heterocycles. The lowest BCUT2D eigenvalue weighted by molar-refractivity contribution is 0.0192. The fourth-order valence-electron chi connectivity index (χ4n) is 3.60. The molecule has 2 heterocycles. The number of hydrogen-bond donors (Lipinski definition) is 2. The summed E-state index contributed by atoms with van der Waals surface area (Å²) in [6.45, 7) is 3.64. The summed E-state index contributed by atoms with van der Waals surface area (Å²) in [6, 6.07) is 0.432. The second kappa shape index (κ2) is 6.14. The fourth-order valence-corrected chi connectivity index (χ4v) is 3.60. The van der Waals surface area contributed by atoms with Gasteiger partial charge in [0, 0.05) is 32.4 Å². The molecule has 0 bridgehead atoms. The summed E-state index contributed by atoms with van der Waals surface area (Å²) in [6.07, 6.45) is 7.46. The molecule has 3 rings (SSSR count). The smallest absolute Gasteiger partial charge is 0.125 e. The molecule has 3 aliphatic rings. The Bertz CT molecular complexity index is 387. The Morgan fingerprint density at radius 2 is 2.15 bits per heavy atom. The first-order chi connectivity index (χ1) is 9.78. The highest BCUT2D eigenvalue weighted by Crippen LogP contribution is 2.29. The van der Waals surface area contributed by atoms with E-state index in [0.717, 1.165) is 37.8 Å². The highest BCUT2D eigenvalue weighted by atomic mass is 16.5. The minimum atomic E-state index is 0.293. The average molecular weight is 278 g/mol. The van der Waals surface area contributed by atoms with Crippen molar-refractivity contribution in [2.24, 2.45) is 16.6 Å². The third-order valence-electron chi connectivity index (χ3n) is 4.78. The van der Waals surface area contributed by atoms with Gasteiger partial charge in [0.1, 0.15) is 5.84 Å². The van der Waals surface area contributed by atoms with Gasteiger partial charge in [-0.3, -0.25) is 4.99 Å². The Balaban J connectivity index is 1.66. The van der Waals surface area contributed by atoms with Crippen LogP contribution >= 0.6 is 0 Å². The molecule has 2 atom stereocenters. The van der Waals surface area contributed by atoms with Crippen LogP contribution in [0.4, 0.5) is 0 Å². The van der Waals surface area contributed by atoms with E-state index in [9.17, 15) is 0 Å². The van der Waals surface area contributed by atoms with Crippen LogP contribution in [-0.4, -0.2) is 56.2 Å². The van der Waals surface area contributed by atoms with E-state index in [0.29, 0.717) is 18.1 Å². The minimum Gasteiger partial charge on any atom is -0.402 e. The van der Waals surface area contributed by atoms with Crippen LogP contribution in [0, 0.1) is 5.92 Å². The van der Waals surface area contributed by atoms with Gasteiger partial charge in [0.25, 0.3) is 0 Å². The molecule has 20 heavy (non-hydrogen) atoms. The summed E-state index contributed by atoms with van der Waals surface area (Å²) >= 11 is 0. The van der Waals surface area contributed by atoms with Crippen molar-refractivity contribution in [3.8, 4) is 0 Å². The van der Waals surface area contributed by atoms with Crippen molar-refractivity contribution in [3.63, 3.8) is 0 Å². The molecule has 112 valence electrons. The molecule has 2 saturated heterocycles. The molecule has 0 radical (unpaired) electrons. The molecule has 0 aromatic carbocycles. The molecule has 3 N–H and O–H groups in total. The van der Waals surface area contributed by atoms with Gasteiger partial charge >= 0.3 is 0 Å². The van der Waals surface area contributed by atoms with Crippen LogP contribution in [0.1, 0.15) is 25.7 Å². The normalized spacial score (nSPS) is 32.8. The van der Waals surface area contributed by atoms with Crippen LogP contribution in [0.2, 0.25) is 0 Å². The maximum Gasteiger partial charge on any atom is 0.125 e. The average Bonchev–Trinajstić information content (AvgIpc) is 3.12. The van der Waals surface area contributed by atoms with Gasteiger partial charge in [-0.25, -0.2) is 0 Å². The second-order valence-corrected chi connectivity index (χ2v) is 6.08. The molecule has 0 amide bonds. The van der Waals surface area contributed by atoms with Gasteiger partial charge in [-0.05, 0) is 24.8 Å². The number of hydrogen-bond acceptors (Lipinski definition) is 4. The number of nitrogens with one attached hydrogen (secondary N) is 1. The third-order valence-corrected chi connectivity index (χ3v) is 4.78. The summed E-state index contributed by atoms with van der Waals surface area (Å²) in [5, 5.41) is 3.52. The molecule has 0 spiro atoms. The lowest BCUT2D eigenvalue weighted by atomic mass is 10.0. The van der Waals surface area contributed by atoms with E-state index >= 15 is 0 Å². The lowest BCUT2D eigenvalue weighted by Crippen LogP contribution is -2.47. The summed E-state index contributed by atoms with van der Waals surface area (Å²) in [7, 11) is 1.85. The number of ether oxygens (including phenoxy) is 1. The van der Waals surface area contributed by atoms with Crippen molar-refractivity contribution in [2.45, 2.75) is 37.8 Å². The zero-order valence-electron chi connectivity index (χ0n) is 12.3. The second-order valence-electron chi connectivity index (χ2n) is 6.08. The monoisotopic (exact) mass is 278 g/mol. The quantitative estimate of drug-likeness (QED) is 0.577. The number of morpholine rings is 1. The molecule has 2 unspecified atom stereocenters. The zero-order chi connectivity index (χ0) is 13.9. The molecule has 5 heteroatoms. The highest BCUT2D eigenvalue weighted by Gasteiger charge is 2.36. The number of amidine groups is 1. The van der Waals surface area contributed by atoms with Gasteiger partial charge < -0.3 is 20.7 Å². The van der Waals surface area contributed by atoms with E-state index < -0.39 is 0 Å². The maximum absolute atomic E-state index is 6.28. The fraction of sp³-hybridized carbons (Fsp3) is 0.800.